The summed E-state index contributed by atoms with van der Waals surface area (Å²) in [6, 6.07) is 27.9. The van der Waals surface area contributed by atoms with Gasteiger partial charge >= 0.3 is 0 Å². The molecule has 2 amide bonds. The maximum atomic E-state index is 13.9. The molecule has 4 aromatic carbocycles. The Bertz CT molecular complexity index is 2040. The number of nitriles is 1. The van der Waals surface area contributed by atoms with Crippen molar-refractivity contribution < 1.29 is 23.5 Å². The van der Waals surface area contributed by atoms with E-state index in [9.17, 15) is 14.0 Å². The summed E-state index contributed by atoms with van der Waals surface area (Å²) >= 11 is 0. The van der Waals surface area contributed by atoms with Crippen LogP contribution in [0.1, 0.15) is 99.9 Å². The molecule has 4 aliphatic heterocycles. The smallest absolute Gasteiger partial charge is 0.254 e. The summed E-state index contributed by atoms with van der Waals surface area (Å²) in [5, 5.41) is 9.12. The first-order valence-electron chi connectivity index (χ1n) is 21.7. The number of amides is 2. The molecule has 0 radical (unpaired) electrons. The van der Waals surface area contributed by atoms with Crippen LogP contribution < -0.4 is 9.47 Å². The van der Waals surface area contributed by atoms with Gasteiger partial charge in [0.05, 0.1) is 24.8 Å². The summed E-state index contributed by atoms with van der Waals surface area (Å²) in [6.45, 7) is 10.6. The van der Waals surface area contributed by atoms with Crippen molar-refractivity contribution in [1.82, 2.24) is 19.6 Å². The summed E-state index contributed by atoms with van der Waals surface area (Å²) in [6.07, 6.45) is 11.6. The van der Waals surface area contributed by atoms with Gasteiger partial charge in [0.1, 0.15) is 17.3 Å². The summed E-state index contributed by atoms with van der Waals surface area (Å²) in [7, 11) is 0. The molecular weight excluding hydrogens is 742 g/mol. The Balaban J connectivity index is 0.000000180. The zero-order valence-corrected chi connectivity index (χ0v) is 34.4. The molecule has 0 bridgehead atoms. The molecule has 0 aliphatic carbocycles. The van der Waals surface area contributed by atoms with Crippen LogP contribution in [0.25, 0.3) is 0 Å². The first kappa shape index (κ1) is 41.9. The van der Waals surface area contributed by atoms with Gasteiger partial charge < -0.3 is 29.1 Å². The highest BCUT2D eigenvalue weighted by Crippen LogP contribution is 2.27. The van der Waals surface area contributed by atoms with E-state index in [-0.39, 0.29) is 17.6 Å². The Morgan fingerprint density at radius 3 is 1.68 bits per heavy atom. The number of piperidine rings is 2. The summed E-state index contributed by atoms with van der Waals surface area (Å²) < 4.78 is 25.6. The fourth-order valence-corrected chi connectivity index (χ4v) is 8.60. The molecule has 4 aromatic rings. The molecular formula is C49H58FN5O4. The van der Waals surface area contributed by atoms with Gasteiger partial charge in [-0.3, -0.25) is 9.59 Å². The van der Waals surface area contributed by atoms with Crippen molar-refractivity contribution in [3.63, 3.8) is 0 Å². The zero-order valence-electron chi connectivity index (χ0n) is 34.4. The van der Waals surface area contributed by atoms with Crippen molar-refractivity contribution in [2.45, 2.75) is 77.3 Å². The largest absolute Gasteiger partial charge is 0.494 e. The van der Waals surface area contributed by atoms with Crippen LogP contribution >= 0.6 is 0 Å². The van der Waals surface area contributed by atoms with E-state index in [1.165, 1.54) is 81.9 Å². The number of benzene rings is 4. The van der Waals surface area contributed by atoms with E-state index in [2.05, 4.69) is 15.9 Å². The van der Waals surface area contributed by atoms with Gasteiger partial charge in [0.25, 0.3) is 11.8 Å². The van der Waals surface area contributed by atoms with Crippen molar-refractivity contribution in [3.05, 3.63) is 130 Å². The van der Waals surface area contributed by atoms with E-state index in [1.807, 2.05) is 65.6 Å². The molecule has 0 saturated carbocycles. The van der Waals surface area contributed by atoms with Gasteiger partial charge in [-0.1, -0.05) is 31.0 Å². The molecule has 4 heterocycles. The van der Waals surface area contributed by atoms with Gasteiger partial charge in [0, 0.05) is 56.0 Å². The molecule has 9 nitrogen and oxygen atoms in total. The quantitative estimate of drug-likeness (QED) is 0.133. The summed E-state index contributed by atoms with van der Waals surface area (Å²) in [5.74, 6) is 1.35. The molecule has 2 fully saturated rings. The Kier molecular flexibility index (Phi) is 15.0. The highest BCUT2D eigenvalue weighted by Gasteiger charge is 2.26. The molecule has 310 valence electrons. The lowest BCUT2D eigenvalue weighted by Crippen LogP contribution is -2.33. The van der Waals surface area contributed by atoms with Crippen LogP contribution in [-0.4, -0.2) is 97.0 Å². The maximum Gasteiger partial charge on any atom is 0.254 e. The van der Waals surface area contributed by atoms with E-state index < -0.39 is 0 Å². The van der Waals surface area contributed by atoms with E-state index in [0.717, 1.165) is 55.8 Å². The average molecular weight is 800 g/mol. The molecule has 4 aliphatic rings. The zero-order chi connectivity index (χ0) is 40.8. The van der Waals surface area contributed by atoms with Crippen LogP contribution in [0.5, 0.6) is 11.5 Å². The molecule has 59 heavy (non-hydrogen) atoms. The Labute approximate surface area is 349 Å². The number of carbonyl (C=O) groups excluding carboxylic acids is 2. The highest BCUT2D eigenvalue weighted by atomic mass is 19.1. The van der Waals surface area contributed by atoms with E-state index >= 15 is 0 Å². The van der Waals surface area contributed by atoms with Crippen LogP contribution in [0.4, 0.5) is 4.39 Å². The van der Waals surface area contributed by atoms with Crippen LogP contribution in [0.15, 0.2) is 84.9 Å². The SMILES string of the molecule is N#Cc1ccc2c(c1)CCN(C(=O)c1ccc(OCCCN3CCCCC3)cc1)CC2.O=C(c1ccc(OCCCN2CCCCC2)cc1)N1Cc2cccc(F)c2C1. The number of ether oxygens (including phenoxy) is 2. The van der Waals surface area contributed by atoms with Gasteiger partial charge in [-0.2, -0.15) is 5.26 Å². The van der Waals surface area contributed by atoms with Gasteiger partial charge in [-0.25, -0.2) is 4.39 Å². The number of hydrogen-bond donors (Lipinski definition) is 0. The Hall–Kier alpha value is -5.24. The number of carbonyl (C=O) groups is 2. The number of nitrogens with zero attached hydrogens (tertiary/aromatic N) is 5. The van der Waals surface area contributed by atoms with Crippen LogP contribution in [0.2, 0.25) is 0 Å². The number of fused-ring (bicyclic) bond motifs is 2. The minimum absolute atomic E-state index is 0.0601. The van der Waals surface area contributed by atoms with Crippen molar-refractivity contribution in [2.75, 3.05) is 65.6 Å². The van der Waals surface area contributed by atoms with E-state index in [1.54, 1.807) is 23.1 Å². The standard InChI is InChI=1S/C26H31N3O2.C23H27FN2O2/c27-20-21-5-6-22-11-16-29(17-12-24(22)19-21)26(30)23-7-9-25(10-8-23)31-18-4-15-28-13-2-1-3-14-28;24-22-7-4-6-19-16-26(17-21(19)22)23(27)18-8-10-20(11-9-18)28-15-5-14-25-12-2-1-3-13-25/h5-10,19H,1-4,11-18H2;4,6-11H,1-3,5,12-17H2. The van der Waals surface area contributed by atoms with Gasteiger partial charge in [0.15, 0.2) is 0 Å². The fourth-order valence-electron chi connectivity index (χ4n) is 8.60. The summed E-state index contributed by atoms with van der Waals surface area (Å²) in [4.78, 5) is 34.4. The molecule has 10 heteroatoms. The minimum atomic E-state index is -0.235. The number of rotatable bonds is 12. The van der Waals surface area contributed by atoms with Gasteiger partial charge in [-0.15, -0.1) is 0 Å². The lowest BCUT2D eigenvalue weighted by Gasteiger charge is -2.26. The lowest BCUT2D eigenvalue weighted by molar-refractivity contribution is 0.0747. The Morgan fingerprint density at radius 1 is 0.593 bits per heavy atom. The third-order valence-electron chi connectivity index (χ3n) is 12.0. The first-order chi connectivity index (χ1) is 28.9. The number of likely N-dealkylation sites (tertiary alicyclic amines) is 2. The minimum Gasteiger partial charge on any atom is -0.494 e. The second-order valence-electron chi connectivity index (χ2n) is 16.2. The van der Waals surface area contributed by atoms with Crippen molar-refractivity contribution in [1.29, 1.82) is 5.26 Å². The molecule has 0 unspecified atom stereocenters. The third-order valence-corrected chi connectivity index (χ3v) is 12.0. The van der Waals surface area contributed by atoms with Crippen molar-refractivity contribution in [2.24, 2.45) is 0 Å². The lowest BCUT2D eigenvalue weighted by atomic mass is 10.0. The van der Waals surface area contributed by atoms with Crippen molar-refractivity contribution >= 4 is 11.8 Å². The normalized spacial score (nSPS) is 16.8. The molecule has 0 spiro atoms. The molecule has 8 rings (SSSR count). The topological polar surface area (TPSA) is 89.3 Å². The van der Waals surface area contributed by atoms with E-state index in [4.69, 9.17) is 14.7 Å². The molecule has 0 atom stereocenters. The monoisotopic (exact) mass is 799 g/mol. The number of hydrogen-bond acceptors (Lipinski definition) is 7. The fraction of sp³-hybridized carbons (Fsp3) is 0.449. The molecule has 0 aromatic heterocycles. The molecule has 0 N–H and O–H groups in total. The number of halogens is 1. The maximum absolute atomic E-state index is 13.9. The van der Waals surface area contributed by atoms with Crippen LogP contribution in [0.3, 0.4) is 0 Å². The average Bonchev–Trinajstić information content (AvgIpc) is 3.62. The van der Waals surface area contributed by atoms with Crippen LogP contribution in [0, 0.1) is 17.1 Å². The predicted octanol–water partition coefficient (Wildman–Crippen LogP) is 8.29. The predicted molar refractivity (Wildman–Crippen MR) is 228 cm³/mol. The van der Waals surface area contributed by atoms with Crippen molar-refractivity contribution in [3.8, 4) is 17.6 Å². The second-order valence-corrected chi connectivity index (χ2v) is 16.2. The second kappa shape index (κ2) is 21.1. The summed E-state index contributed by atoms with van der Waals surface area (Å²) in [5.41, 5.74) is 5.93. The molecule has 2 saturated heterocycles. The van der Waals surface area contributed by atoms with Crippen LogP contribution in [-0.2, 0) is 25.9 Å². The van der Waals surface area contributed by atoms with Gasteiger partial charge in [-0.05, 0) is 161 Å². The highest BCUT2D eigenvalue weighted by molar-refractivity contribution is 5.95. The third kappa shape index (κ3) is 11.7. The van der Waals surface area contributed by atoms with Gasteiger partial charge in [0.2, 0.25) is 0 Å². The Morgan fingerprint density at radius 2 is 1.14 bits per heavy atom. The first-order valence-corrected chi connectivity index (χ1v) is 21.7. The van der Waals surface area contributed by atoms with E-state index in [0.29, 0.717) is 61.6 Å².